The first-order valence-corrected chi connectivity index (χ1v) is 5.78. The van der Waals surface area contributed by atoms with E-state index in [1.165, 1.54) is 5.56 Å². The van der Waals surface area contributed by atoms with E-state index in [4.69, 9.17) is 0 Å². The van der Waals surface area contributed by atoms with Crippen LogP contribution in [-0.4, -0.2) is 15.8 Å². The minimum atomic E-state index is 0.0208. The molecule has 2 heterocycles. The summed E-state index contributed by atoms with van der Waals surface area (Å²) in [5.74, 6) is 0.0208. The largest absolute Gasteiger partial charge is 0.360 e. The Hall–Kier alpha value is -2.42. The van der Waals surface area contributed by atoms with E-state index in [0.29, 0.717) is 11.1 Å². The molecule has 3 aromatic rings. The zero-order chi connectivity index (χ0) is 12.5. The van der Waals surface area contributed by atoms with Crippen LogP contribution in [-0.2, 0) is 0 Å². The average Bonchev–Trinajstić information content (AvgIpc) is 2.81. The van der Waals surface area contributed by atoms with Crippen LogP contribution in [0.3, 0.4) is 0 Å². The van der Waals surface area contributed by atoms with Crippen LogP contribution in [0.25, 0.3) is 10.9 Å². The van der Waals surface area contributed by atoms with Gasteiger partial charge in [-0.05, 0) is 30.7 Å². The minimum absolute atomic E-state index is 0.0208. The summed E-state index contributed by atoms with van der Waals surface area (Å²) in [4.78, 5) is 19.4. The number of H-pyrrole nitrogens is 1. The second kappa shape index (κ2) is 4.11. The second-order valence-corrected chi connectivity index (χ2v) is 4.32. The molecule has 0 saturated carbocycles. The molecule has 0 amide bonds. The average molecular weight is 236 g/mol. The highest BCUT2D eigenvalue weighted by Gasteiger charge is 2.13. The number of aryl methyl sites for hydroxylation is 1. The maximum absolute atomic E-state index is 12.4. The molecular formula is C15H12N2O. The number of nitrogens with zero attached hydrogens (tertiary/aromatic N) is 1. The van der Waals surface area contributed by atoms with Crippen molar-refractivity contribution in [2.24, 2.45) is 0 Å². The molecule has 0 bridgehead atoms. The van der Waals surface area contributed by atoms with Gasteiger partial charge in [0.2, 0.25) is 0 Å². The van der Waals surface area contributed by atoms with Crippen molar-refractivity contribution < 1.29 is 4.79 Å². The fraction of sp³-hybridized carbons (Fsp3) is 0.0667. The van der Waals surface area contributed by atoms with Crippen LogP contribution in [0.4, 0.5) is 0 Å². The van der Waals surface area contributed by atoms with Crippen molar-refractivity contribution in [2.75, 3.05) is 0 Å². The van der Waals surface area contributed by atoms with Crippen molar-refractivity contribution >= 4 is 16.7 Å². The van der Waals surface area contributed by atoms with Crippen LogP contribution in [0.15, 0.2) is 48.9 Å². The van der Waals surface area contributed by atoms with Gasteiger partial charge in [0.05, 0.1) is 0 Å². The van der Waals surface area contributed by atoms with Gasteiger partial charge in [-0.2, -0.15) is 0 Å². The molecule has 88 valence electrons. The highest BCUT2D eigenvalue weighted by Crippen LogP contribution is 2.21. The number of carbonyl (C=O) groups is 1. The van der Waals surface area contributed by atoms with Crippen molar-refractivity contribution in [1.29, 1.82) is 0 Å². The Kier molecular flexibility index (Phi) is 2.45. The molecule has 0 radical (unpaired) electrons. The lowest BCUT2D eigenvalue weighted by atomic mass is 10.0. The Morgan fingerprint density at radius 2 is 1.94 bits per heavy atom. The summed E-state index contributed by atoms with van der Waals surface area (Å²) < 4.78 is 0. The first-order valence-electron chi connectivity index (χ1n) is 5.78. The molecule has 0 spiro atoms. The molecule has 2 aromatic heterocycles. The summed E-state index contributed by atoms with van der Waals surface area (Å²) >= 11 is 0. The molecule has 0 aliphatic rings. The molecule has 3 rings (SSSR count). The number of hydrogen-bond acceptors (Lipinski definition) is 2. The molecule has 0 aliphatic heterocycles. The predicted octanol–water partition coefficient (Wildman–Crippen LogP) is 3.10. The Morgan fingerprint density at radius 1 is 1.17 bits per heavy atom. The van der Waals surface area contributed by atoms with Crippen LogP contribution in [0.1, 0.15) is 21.5 Å². The van der Waals surface area contributed by atoms with E-state index in [9.17, 15) is 4.79 Å². The van der Waals surface area contributed by atoms with Crippen LogP contribution in [0.2, 0.25) is 0 Å². The van der Waals surface area contributed by atoms with Gasteiger partial charge in [-0.3, -0.25) is 9.78 Å². The number of pyridine rings is 1. The first kappa shape index (κ1) is 10.7. The van der Waals surface area contributed by atoms with E-state index in [1.54, 1.807) is 30.7 Å². The lowest BCUT2D eigenvalue weighted by Crippen LogP contribution is -2.00. The highest BCUT2D eigenvalue weighted by molar-refractivity contribution is 6.16. The van der Waals surface area contributed by atoms with Crippen LogP contribution in [0, 0.1) is 6.92 Å². The van der Waals surface area contributed by atoms with Crippen LogP contribution < -0.4 is 0 Å². The number of nitrogens with one attached hydrogen (secondary N) is 1. The monoisotopic (exact) mass is 236 g/mol. The number of fused-ring (bicyclic) bond motifs is 1. The quantitative estimate of drug-likeness (QED) is 0.695. The molecule has 3 nitrogen and oxygen atoms in total. The van der Waals surface area contributed by atoms with Gasteiger partial charge in [0.25, 0.3) is 0 Å². The molecular weight excluding hydrogens is 224 g/mol. The van der Waals surface area contributed by atoms with Gasteiger partial charge >= 0.3 is 0 Å². The van der Waals surface area contributed by atoms with Gasteiger partial charge in [-0.25, -0.2) is 0 Å². The normalized spacial score (nSPS) is 10.7. The number of aromatic nitrogens is 2. The number of aromatic amines is 1. The van der Waals surface area contributed by atoms with Gasteiger partial charge < -0.3 is 4.98 Å². The molecule has 0 atom stereocenters. The van der Waals surface area contributed by atoms with E-state index in [0.717, 1.165) is 10.9 Å². The topological polar surface area (TPSA) is 45.8 Å². The van der Waals surface area contributed by atoms with Crippen LogP contribution in [0.5, 0.6) is 0 Å². The van der Waals surface area contributed by atoms with Crippen LogP contribution >= 0.6 is 0 Å². The van der Waals surface area contributed by atoms with E-state index >= 15 is 0 Å². The minimum Gasteiger partial charge on any atom is -0.360 e. The molecule has 0 saturated heterocycles. The third-order valence-corrected chi connectivity index (χ3v) is 3.02. The van der Waals surface area contributed by atoms with Crippen molar-refractivity contribution in [1.82, 2.24) is 9.97 Å². The van der Waals surface area contributed by atoms with E-state index in [2.05, 4.69) is 9.97 Å². The van der Waals surface area contributed by atoms with Crippen molar-refractivity contribution in [3.05, 3.63) is 65.6 Å². The molecule has 18 heavy (non-hydrogen) atoms. The molecule has 0 aliphatic carbocycles. The SMILES string of the molecule is Cc1ccc2c(C(=O)c3ccncc3)c[nH]c2c1. The number of rotatable bonds is 2. The third kappa shape index (κ3) is 1.70. The first-order chi connectivity index (χ1) is 8.75. The third-order valence-electron chi connectivity index (χ3n) is 3.02. The summed E-state index contributed by atoms with van der Waals surface area (Å²) in [5.41, 5.74) is 3.53. The lowest BCUT2D eigenvalue weighted by molar-refractivity contribution is 0.104. The zero-order valence-electron chi connectivity index (χ0n) is 9.97. The van der Waals surface area contributed by atoms with Crippen molar-refractivity contribution in [3.8, 4) is 0 Å². The molecule has 0 fully saturated rings. The Labute approximate surface area is 104 Å². The Morgan fingerprint density at radius 3 is 2.72 bits per heavy atom. The van der Waals surface area contributed by atoms with E-state index in [1.807, 2.05) is 25.1 Å². The fourth-order valence-electron chi connectivity index (χ4n) is 2.09. The Bertz CT molecular complexity index is 714. The van der Waals surface area contributed by atoms with Crippen molar-refractivity contribution in [3.63, 3.8) is 0 Å². The van der Waals surface area contributed by atoms with Gasteiger partial charge in [-0.15, -0.1) is 0 Å². The van der Waals surface area contributed by atoms with Gasteiger partial charge in [0.1, 0.15) is 0 Å². The van der Waals surface area contributed by atoms with E-state index < -0.39 is 0 Å². The lowest BCUT2D eigenvalue weighted by Gasteiger charge is -1.99. The maximum Gasteiger partial charge on any atom is 0.195 e. The summed E-state index contributed by atoms with van der Waals surface area (Å²) in [5, 5.41) is 0.961. The Balaban J connectivity index is 2.13. The van der Waals surface area contributed by atoms with E-state index in [-0.39, 0.29) is 5.78 Å². The molecule has 3 heteroatoms. The number of benzene rings is 1. The summed E-state index contributed by atoms with van der Waals surface area (Å²) in [6.07, 6.45) is 5.03. The molecule has 0 unspecified atom stereocenters. The standard InChI is InChI=1S/C15H12N2O/c1-10-2-3-12-13(9-17-14(12)8-10)15(18)11-4-6-16-7-5-11/h2-9,17H,1H3. The second-order valence-electron chi connectivity index (χ2n) is 4.32. The maximum atomic E-state index is 12.4. The summed E-state index contributed by atoms with van der Waals surface area (Å²) in [6.45, 7) is 2.03. The van der Waals surface area contributed by atoms with Crippen molar-refractivity contribution in [2.45, 2.75) is 6.92 Å². The van der Waals surface area contributed by atoms with Gasteiger partial charge in [0.15, 0.2) is 5.78 Å². The molecule has 1 N–H and O–H groups in total. The molecule has 1 aromatic carbocycles. The van der Waals surface area contributed by atoms with Gasteiger partial charge in [0, 0.05) is 40.6 Å². The van der Waals surface area contributed by atoms with Gasteiger partial charge in [-0.1, -0.05) is 12.1 Å². The smallest absolute Gasteiger partial charge is 0.195 e. The number of ketones is 1. The fourth-order valence-corrected chi connectivity index (χ4v) is 2.09. The summed E-state index contributed by atoms with van der Waals surface area (Å²) in [7, 11) is 0. The predicted molar refractivity (Wildman–Crippen MR) is 70.7 cm³/mol. The number of hydrogen-bond donors (Lipinski definition) is 1. The highest BCUT2D eigenvalue weighted by atomic mass is 16.1. The summed E-state index contributed by atoms with van der Waals surface area (Å²) in [6, 6.07) is 9.50. The zero-order valence-corrected chi connectivity index (χ0v) is 9.97. The number of carbonyl (C=O) groups excluding carboxylic acids is 1.